The van der Waals surface area contributed by atoms with E-state index in [-0.39, 0.29) is 0 Å². The molecule has 0 aromatic carbocycles. The van der Waals surface area contributed by atoms with Gasteiger partial charge in [0, 0.05) is 0 Å². The molecule has 0 aliphatic carbocycles. The second-order valence-corrected chi connectivity index (χ2v) is 5.67. The minimum Gasteiger partial charge on any atom is -0.544 e. The molecule has 0 aromatic rings. The zero-order chi connectivity index (χ0) is 12.8. The van der Waals surface area contributed by atoms with Crippen LogP contribution in [-0.4, -0.2) is 36.6 Å². The number of nitrogens with zero attached hydrogens (tertiary/aromatic N) is 1. The van der Waals surface area contributed by atoms with Crippen molar-refractivity contribution in [1.82, 2.24) is 0 Å². The number of hydrogen-bond donors (Lipinski definition) is 0. The quantitative estimate of drug-likeness (QED) is 0.468. The summed E-state index contributed by atoms with van der Waals surface area (Å²) in [4.78, 5) is 11.1. The Morgan fingerprint density at radius 3 is 2.06 bits per heavy atom. The summed E-state index contributed by atoms with van der Waals surface area (Å²) in [6, 6.07) is 0. The maximum Gasteiger partial charge on any atom is 0.133 e. The first-order chi connectivity index (χ1) is 7.25. The third-order valence-electron chi connectivity index (χ3n) is 3.83. The molecule has 0 N–H and O–H groups in total. The first-order valence-electron chi connectivity index (χ1n) is 6.30. The van der Waals surface area contributed by atoms with Gasteiger partial charge < -0.3 is 14.4 Å². The summed E-state index contributed by atoms with van der Waals surface area (Å²) in [6.45, 7) is 6.58. The zero-order valence-electron chi connectivity index (χ0n) is 11.5. The van der Waals surface area contributed by atoms with Crippen LogP contribution in [0, 0.1) is 0 Å². The first kappa shape index (κ1) is 15.4. The lowest BCUT2D eigenvalue weighted by Crippen LogP contribution is -2.64. The number of unbranched alkanes of at least 4 members (excludes halogenated alkanes) is 4. The van der Waals surface area contributed by atoms with Gasteiger partial charge in [-0.3, -0.25) is 0 Å². The van der Waals surface area contributed by atoms with E-state index in [9.17, 15) is 9.90 Å². The third kappa shape index (κ3) is 4.12. The Morgan fingerprint density at radius 1 is 1.12 bits per heavy atom. The highest BCUT2D eigenvalue weighted by molar-refractivity contribution is 5.73. The molecular formula is C13H27NO2. The highest BCUT2D eigenvalue weighted by Crippen LogP contribution is 2.20. The van der Waals surface area contributed by atoms with Gasteiger partial charge in [0.2, 0.25) is 0 Å². The zero-order valence-corrected chi connectivity index (χ0v) is 11.5. The monoisotopic (exact) mass is 229 g/mol. The average molecular weight is 229 g/mol. The molecular weight excluding hydrogens is 202 g/mol. The van der Waals surface area contributed by atoms with E-state index in [2.05, 4.69) is 6.92 Å². The van der Waals surface area contributed by atoms with E-state index in [1.807, 2.05) is 14.1 Å². The number of rotatable bonds is 8. The Balaban J connectivity index is 4.09. The van der Waals surface area contributed by atoms with E-state index in [0.29, 0.717) is 4.48 Å². The summed E-state index contributed by atoms with van der Waals surface area (Å²) in [6.07, 6.45) is 6.05. The van der Waals surface area contributed by atoms with E-state index in [0.717, 1.165) is 13.0 Å². The number of carbonyl (C=O) groups is 1. The topological polar surface area (TPSA) is 40.1 Å². The van der Waals surface area contributed by atoms with Crippen molar-refractivity contribution in [2.45, 2.75) is 58.4 Å². The molecule has 96 valence electrons. The maximum atomic E-state index is 11.1. The molecule has 0 aromatic heterocycles. The molecule has 0 saturated heterocycles. The van der Waals surface area contributed by atoms with Gasteiger partial charge in [-0.1, -0.05) is 26.2 Å². The van der Waals surface area contributed by atoms with Gasteiger partial charge in [-0.2, -0.15) is 0 Å². The number of carboxylic acid groups (broad SMARTS) is 1. The molecule has 0 aliphatic heterocycles. The molecule has 0 bridgehead atoms. The van der Waals surface area contributed by atoms with E-state index in [4.69, 9.17) is 0 Å². The van der Waals surface area contributed by atoms with Gasteiger partial charge in [-0.25, -0.2) is 0 Å². The van der Waals surface area contributed by atoms with E-state index >= 15 is 0 Å². The molecule has 3 heteroatoms. The third-order valence-corrected chi connectivity index (χ3v) is 3.83. The molecule has 0 rings (SSSR count). The predicted molar refractivity (Wildman–Crippen MR) is 64.8 cm³/mol. The fraction of sp³-hybridized carbons (Fsp3) is 0.923. The van der Waals surface area contributed by atoms with Gasteiger partial charge in [0.25, 0.3) is 0 Å². The SMILES string of the molecule is CCCCCCC[N+](C)(C)C(C)(C)C(=O)[O-]. The van der Waals surface area contributed by atoms with Crippen LogP contribution in [0.5, 0.6) is 0 Å². The lowest BCUT2D eigenvalue weighted by molar-refractivity contribution is -0.930. The highest BCUT2D eigenvalue weighted by Gasteiger charge is 2.37. The van der Waals surface area contributed by atoms with Gasteiger partial charge in [0.1, 0.15) is 11.5 Å². The average Bonchev–Trinajstić information content (AvgIpc) is 2.16. The maximum absolute atomic E-state index is 11.1. The van der Waals surface area contributed by atoms with Gasteiger partial charge in [0.05, 0.1) is 20.6 Å². The smallest absolute Gasteiger partial charge is 0.133 e. The molecule has 0 spiro atoms. The van der Waals surface area contributed by atoms with E-state index in [1.54, 1.807) is 13.8 Å². The van der Waals surface area contributed by atoms with Crippen LogP contribution in [0.2, 0.25) is 0 Å². The fourth-order valence-electron chi connectivity index (χ4n) is 1.64. The van der Waals surface area contributed by atoms with Crippen molar-refractivity contribution >= 4 is 5.97 Å². The molecule has 0 atom stereocenters. The van der Waals surface area contributed by atoms with Crippen LogP contribution in [0.25, 0.3) is 0 Å². The Hall–Kier alpha value is -0.570. The molecule has 16 heavy (non-hydrogen) atoms. The molecule has 0 aliphatic rings. The number of hydrogen-bond acceptors (Lipinski definition) is 2. The Bertz CT molecular complexity index is 222. The number of carbonyl (C=O) groups excluding carboxylic acids is 1. The highest BCUT2D eigenvalue weighted by atomic mass is 16.4. The summed E-state index contributed by atoms with van der Waals surface area (Å²) >= 11 is 0. The molecule has 0 heterocycles. The lowest BCUT2D eigenvalue weighted by Gasteiger charge is -2.45. The van der Waals surface area contributed by atoms with Crippen molar-refractivity contribution in [2.75, 3.05) is 20.6 Å². The van der Waals surface area contributed by atoms with Crippen molar-refractivity contribution in [3.8, 4) is 0 Å². The van der Waals surface area contributed by atoms with Crippen molar-refractivity contribution in [3.05, 3.63) is 0 Å². The molecule has 0 unspecified atom stereocenters. The standard InChI is InChI=1S/C13H27NO2/c1-6-7-8-9-10-11-14(4,5)13(2,3)12(15)16/h6-11H2,1-5H3. The van der Waals surface area contributed by atoms with Crippen LogP contribution >= 0.6 is 0 Å². The molecule has 0 radical (unpaired) electrons. The summed E-state index contributed by atoms with van der Waals surface area (Å²) < 4.78 is 0.488. The van der Waals surface area contributed by atoms with Crippen molar-refractivity contribution in [2.24, 2.45) is 0 Å². The molecule has 0 saturated carbocycles. The normalized spacial score (nSPS) is 12.8. The summed E-state index contributed by atoms with van der Waals surface area (Å²) in [7, 11) is 3.94. The Kier molecular flexibility index (Phi) is 6.01. The second-order valence-electron chi connectivity index (χ2n) is 5.67. The Morgan fingerprint density at radius 2 is 1.62 bits per heavy atom. The predicted octanol–water partition coefficient (Wildman–Crippen LogP) is 1.56. The number of likely N-dealkylation sites (N-methyl/N-ethyl adjacent to an activating group) is 1. The minimum absolute atomic E-state index is 0.488. The number of carboxylic acids is 1. The Labute approximate surface area is 100 Å². The van der Waals surface area contributed by atoms with Crippen molar-refractivity contribution in [3.63, 3.8) is 0 Å². The van der Waals surface area contributed by atoms with E-state index < -0.39 is 11.5 Å². The fourth-order valence-corrected chi connectivity index (χ4v) is 1.64. The second kappa shape index (κ2) is 6.24. The van der Waals surface area contributed by atoms with Crippen LogP contribution in [0.3, 0.4) is 0 Å². The van der Waals surface area contributed by atoms with Crippen molar-refractivity contribution in [1.29, 1.82) is 0 Å². The van der Waals surface area contributed by atoms with Crippen molar-refractivity contribution < 1.29 is 14.4 Å². The molecule has 0 fully saturated rings. The van der Waals surface area contributed by atoms with E-state index in [1.165, 1.54) is 25.7 Å². The summed E-state index contributed by atoms with van der Waals surface area (Å²) in [5.74, 6) is -0.967. The largest absolute Gasteiger partial charge is 0.544 e. The summed E-state index contributed by atoms with van der Waals surface area (Å²) in [5, 5.41) is 11.1. The van der Waals surface area contributed by atoms with Gasteiger partial charge in [0.15, 0.2) is 0 Å². The van der Waals surface area contributed by atoms with Crippen LogP contribution < -0.4 is 5.11 Å². The van der Waals surface area contributed by atoms with Crippen LogP contribution in [0.4, 0.5) is 0 Å². The first-order valence-corrected chi connectivity index (χ1v) is 6.30. The molecule has 0 amide bonds. The lowest BCUT2D eigenvalue weighted by atomic mass is 10.00. The van der Waals surface area contributed by atoms with Crippen LogP contribution in [0.15, 0.2) is 0 Å². The molecule has 3 nitrogen and oxygen atoms in total. The van der Waals surface area contributed by atoms with Gasteiger partial charge >= 0.3 is 0 Å². The summed E-state index contributed by atoms with van der Waals surface area (Å²) in [5.41, 5.74) is -0.815. The number of quaternary nitrogens is 1. The van der Waals surface area contributed by atoms with Crippen LogP contribution in [-0.2, 0) is 4.79 Å². The van der Waals surface area contributed by atoms with Gasteiger partial charge in [-0.15, -0.1) is 0 Å². The van der Waals surface area contributed by atoms with Crippen LogP contribution in [0.1, 0.15) is 52.9 Å². The number of aliphatic carboxylic acids is 1. The minimum atomic E-state index is -0.967. The van der Waals surface area contributed by atoms with Gasteiger partial charge in [-0.05, 0) is 26.7 Å².